The molecule has 0 unspecified atom stereocenters. The Labute approximate surface area is 72.8 Å². The van der Waals surface area contributed by atoms with E-state index in [1.54, 1.807) is 7.11 Å². The number of aryl methyl sites for hydroxylation is 2. The molecule has 2 nitrogen and oxygen atoms in total. The lowest BCUT2D eigenvalue weighted by Gasteiger charge is -2.09. The first-order valence-corrected chi connectivity index (χ1v) is 3.94. The molecule has 12 heavy (non-hydrogen) atoms. The van der Waals surface area contributed by atoms with Crippen molar-refractivity contribution in [1.82, 2.24) is 0 Å². The lowest BCUT2D eigenvalue weighted by molar-refractivity contribution is 0.280. The summed E-state index contributed by atoms with van der Waals surface area (Å²) < 4.78 is 5.09. The number of ether oxygens (including phenoxy) is 1. The van der Waals surface area contributed by atoms with Crippen molar-refractivity contribution >= 4 is 0 Å². The van der Waals surface area contributed by atoms with E-state index in [4.69, 9.17) is 9.84 Å². The van der Waals surface area contributed by atoms with Crippen LogP contribution in [0.3, 0.4) is 0 Å². The summed E-state index contributed by atoms with van der Waals surface area (Å²) >= 11 is 0. The molecule has 1 aromatic carbocycles. The summed E-state index contributed by atoms with van der Waals surface area (Å²) in [7, 11) is 1.65. The number of hydrogen-bond donors (Lipinski definition) is 1. The average molecular weight is 166 g/mol. The minimum atomic E-state index is 0.0989. The van der Waals surface area contributed by atoms with Crippen molar-refractivity contribution < 1.29 is 9.84 Å². The number of methoxy groups -OCH3 is 1. The van der Waals surface area contributed by atoms with Gasteiger partial charge in [-0.25, -0.2) is 0 Å². The molecule has 0 bridgehead atoms. The van der Waals surface area contributed by atoms with Crippen molar-refractivity contribution in [3.63, 3.8) is 0 Å². The van der Waals surface area contributed by atoms with Gasteiger partial charge in [-0.05, 0) is 42.7 Å². The molecule has 0 radical (unpaired) electrons. The Morgan fingerprint density at radius 3 is 2.08 bits per heavy atom. The monoisotopic (exact) mass is 166 g/mol. The van der Waals surface area contributed by atoms with Gasteiger partial charge in [0.2, 0.25) is 0 Å². The van der Waals surface area contributed by atoms with Crippen LogP contribution in [0.15, 0.2) is 12.1 Å². The van der Waals surface area contributed by atoms with Gasteiger partial charge in [-0.2, -0.15) is 0 Å². The van der Waals surface area contributed by atoms with Crippen molar-refractivity contribution in [3.8, 4) is 5.75 Å². The van der Waals surface area contributed by atoms with Gasteiger partial charge < -0.3 is 9.84 Å². The number of aliphatic hydroxyl groups is 1. The molecule has 0 aliphatic heterocycles. The summed E-state index contributed by atoms with van der Waals surface area (Å²) in [6, 6.07) is 3.86. The van der Waals surface area contributed by atoms with Crippen LogP contribution in [-0.4, -0.2) is 12.2 Å². The van der Waals surface area contributed by atoms with Crippen molar-refractivity contribution in [1.29, 1.82) is 0 Å². The third kappa shape index (κ3) is 1.59. The van der Waals surface area contributed by atoms with E-state index in [2.05, 4.69) is 0 Å². The summed E-state index contributed by atoms with van der Waals surface area (Å²) in [5, 5.41) is 9.02. The molecule has 0 saturated carbocycles. The molecule has 0 amide bonds. The maximum Gasteiger partial charge on any atom is 0.119 e. The lowest BCUT2D eigenvalue weighted by atomic mass is 10.0. The first-order valence-electron chi connectivity index (χ1n) is 3.94. The van der Waals surface area contributed by atoms with Crippen LogP contribution in [0.4, 0.5) is 0 Å². The van der Waals surface area contributed by atoms with Gasteiger partial charge >= 0.3 is 0 Å². The fourth-order valence-corrected chi connectivity index (χ4v) is 1.32. The lowest BCUT2D eigenvalue weighted by Crippen LogP contribution is -1.94. The number of benzene rings is 1. The molecule has 66 valence electrons. The minimum absolute atomic E-state index is 0.0989. The predicted molar refractivity (Wildman–Crippen MR) is 48.4 cm³/mol. The molecule has 0 saturated heterocycles. The van der Waals surface area contributed by atoms with Gasteiger partial charge in [0, 0.05) is 0 Å². The molecule has 1 rings (SSSR count). The van der Waals surface area contributed by atoms with Crippen LogP contribution >= 0.6 is 0 Å². The Bertz CT molecular complexity index is 256. The largest absolute Gasteiger partial charge is 0.497 e. The summed E-state index contributed by atoms with van der Waals surface area (Å²) in [6.07, 6.45) is 0. The van der Waals surface area contributed by atoms with Crippen molar-refractivity contribution in [2.24, 2.45) is 0 Å². The second-order valence-electron chi connectivity index (χ2n) is 2.90. The molecule has 0 atom stereocenters. The van der Waals surface area contributed by atoms with Gasteiger partial charge in [-0.3, -0.25) is 0 Å². The molecule has 0 aliphatic rings. The second-order valence-corrected chi connectivity index (χ2v) is 2.90. The summed E-state index contributed by atoms with van der Waals surface area (Å²) in [6.45, 7) is 4.05. The summed E-state index contributed by atoms with van der Waals surface area (Å²) in [5.41, 5.74) is 3.15. The first kappa shape index (κ1) is 9.07. The predicted octanol–water partition coefficient (Wildman–Crippen LogP) is 1.80. The van der Waals surface area contributed by atoms with Crippen molar-refractivity contribution in [3.05, 3.63) is 28.8 Å². The number of rotatable bonds is 2. The SMILES string of the molecule is COc1cc(C)c(CO)c(C)c1. The summed E-state index contributed by atoms with van der Waals surface area (Å²) in [5.74, 6) is 0.849. The maximum absolute atomic E-state index is 9.02. The Hall–Kier alpha value is -1.02. The van der Waals surface area contributed by atoms with Gasteiger partial charge in [-0.1, -0.05) is 0 Å². The van der Waals surface area contributed by atoms with Crippen LogP contribution in [0.25, 0.3) is 0 Å². The normalized spacial score (nSPS) is 10.0. The smallest absolute Gasteiger partial charge is 0.119 e. The highest BCUT2D eigenvalue weighted by Gasteiger charge is 2.03. The fraction of sp³-hybridized carbons (Fsp3) is 0.400. The van der Waals surface area contributed by atoms with E-state index in [1.807, 2.05) is 26.0 Å². The highest BCUT2D eigenvalue weighted by molar-refractivity contribution is 5.40. The molecular weight excluding hydrogens is 152 g/mol. The van der Waals surface area contributed by atoms with Crippen molar-refractivity contribution in [2.75, 3.05) is 7.11 Å². The maximum atomic E-state index is 9.02. The van der Waals surface area contributed by atoms with Crippen LogP contribution < -0.4 is 4.74 Å². The van der Waals surface area contributed by atoms with Gasteiger partial charge in [0.25, 0.3) is 0 Å². The Morgan fingerprint density at radius 2 is 1.75 bits per heavy atom. The van der Waals surface area contributed by atoms with E-state index in [1.165, 1.54) is 0 Å². The molecule has 1 aromatic rings. The fourth-order valence-electron chi connectivity index (χ4n) is 1.32. The highest BCUT2D eigenvalue weighted by Crippen LogP contribution is 2.21. The molecule has 2 heteroatoms. The average Bonchev–Trinajstić information content (AvgIpc) is 2.03. The number of aliphatic hydroxyl groups excluding tert-OH is 1. The van der Waals surface area contributed by atoms with Crippen LogP contribution in [0.2, 0.25) is 0 Å². The van der Waals surface area contributed by atoms with E-state index in [0.29, 0.717) is 0 Å². The molecule has 0 aromatic heterocycles. The third-order valence-electron chi connectivity index (χ3n) is 2.06. The van der Waals surface area contributed by atoms with Gasteiger partial charge in [0.1, 0.15) is 5.75 Å². The van der Waals surface area contributed by atoms with E-state index >= 15 is 0 Å². The molecular formula is C10H14O2. The Kier molecular flexibility index (Phi) is 2.71. The molecule has 0 fully saturated rings. The second kappa shape index (κ2) is 3.59. The Balaban J connectivity index is 3.18. The molecule has 0 spiro atoms. The molecule has 0 aliphatic carbocycles. The van der Waals surface area contributed by atoms with E-state index in [-0.39, 0.29) is 6.61 Å². The minimum Gasteiger partial charge on any atom is -0.497 e. The van der Waals surface area contributed by atoms with Crippen LogP contribution in [0.1, 0.15) is 16.7 Å². The Morgan fingerprint density at radius 1 is 1.25 bits per heavy atom. The zero-order chi connectivity index (χ0) is 9.14. The quantitative estimate of drug-likeness (QED) is 0.726. The van der Waals surface area contributed by atoms with E-state index in [0.717, 1.165) is 22.4 Å². The zero-order valence-electron chi connectivity index (χ0n) is 7.72. The van der Waals surface area contributed by atoms with Crippen LogP contribution in [-0.2, 0) is 6.61 Å². The third-order valence-corrected chi connectivity index (χ3v) is 2.06. The van der Waals surface area contributed by atoms with Gasteiger partial charge in [0.05, 0.1) is 13.7 Å². The highest BCUT2D eigenvalue weighted by atomic mass is 16.5. The van der Waals surface area contributed by atoms with E-state index < -0.39 is 0 Å². The zero-order valence-corrected chi connectivity index (χ0v) is 7.72. The van der Waals surface area contributed by atoms with Gasteiger partial charge in [0.15, 0.2) is 0 Å². The molecule has 0 heterocycles. The topological polar surface area (TPSA) is 29.5 Å². The number of hydrogen-bond acceptors (Lipinski definition) is 2. The first-order chi connectivity index (χ1) is 5.69. The van der Waals surface area contributed by atoms with Crippen molar-refractivity contribution in [2.45, 2.75) is 20.5 Å². The van der Waals surface area contributed by atoms with Crippen LogP contribution in [0, 0.1) is 13.8 Å². The standard InChI is InChI=1S/C10H14O2/c1-7-4-9(12-3)5-8(2)10(7)6-11/h4-5,11H,6H2,1-3H3. The molecule has 1 N–H and O–H groups in total. The summed E-state index contributed by atoms with van der Waals surface area (Å²) in [4.78, 5) is 0. The van der Waals surface area contributed by atoms with Gasteiger partial charge in [-0.15, -0.1) is 0 Å². The van der Waals surface area contributed by atoms with Crippen LogP contribution in [0.5, 0.6) is 5.75 Å². The van der Waals surface area contributed by atoms with E-state index in [9.17, 15) is 0 Å².